The third kappa shape index (κ3) is 1.84. The molecule has 5 nitrogen and oxygen atoms in total. The smallest absolute Gasteiger partial charge is 0.260 e. The van der Waals surface area contributed by atoms with E-state index in [1.54, 1.807) is 12.1 Å². The van der Waals surface area contributed by atoms with Crippen LogP contribution in [0.1, 0.15) is 24.8 Å². The molecule has 1 atom stereocenters. The van der Waals surface area contributed by atoms with E-state index in [1.807, 2.05) is 0 Å². The number of anilines is 1. The number of nitrogens with zero attached hydrogens (tertiary/aromatic N) is 2. The molecule has 0 amide bonds. The van der Waals surface area contributed by atoms with E-state index < -0.39 is 5.82 Å². The average molecular weight is 249 g/mol. The fraction of sp³-hybridized carbons (Fsp3) is 0.333. The van der Waals surface area contributed by atoms with Gasteiger partial charge < -0.3 is 15.0 Å². The van der Waals surface area contributed by atoms with Crippen LogP contribution in [-0.4, -0.2) is 16.7 Å². The van der Waals surface area contributed by atoms with E-state index in [4.69, 9.17) is 15.0 Å². The molecule has 2 heterocycles. The Labute approximate surface area is 103 Å². The SMILES string of the molecule is Nc1c(F)cccc1-c1nc(C2CCCO2)no1. The van der Waals surface area contributed by atoms with Gasteiger partial charge in [0.05, 0.1) is 11.3 Å². The number of benzene rings is 1. The quantitative estimate of drug-likeness (QED) is 0.826. The summed E-state index contributed by atoms with van der Waals surface area (Å²) in [5.41, 5.74) is 6.07. The van der Waals surface area contributed by atoms with Gasteiger partial charge in [0.15, 0.2) is 0 Å². The standard InChI is InChI=1S/C12H12FN3O2/c13-8-4-1-3-7(10(8)14)12-15-11(16-18-12)9-5-2-6-17-9/h1,3-4,9H,2,5-6,14H2. The fourth-order valence-electron chi connectivity index (χ4n) is 1.98. The molecule has 94 valence electrons. The van der Waals surface area contributed by atoms with E-state index in [2.05, 4.69) is 10.1 Å². The van der Waals surface area contributed by atoms with E-state index >= 15 is 0 Å². The lowest BCUT2D eigenvalue weighted by Crippen LogP contribution is -1.98. The van der Waals surface area contributed by atoms with Gasteiger partial charge >= 0.3 is 0 Å². The van der Waals surface area contributed by atoms with Crippen molar-refractivity contribution in [2.24, 2.45) is 0 Å². The van der Waals surface area contributed by atoms with E-state index in [9.17, 15) is 4.39 Å². The van der Waals surface area contributed by atoms with E-state index in [0.717, 1.165) is 12.8 Å². The van der Waals surface area contributed by atoms with Crippen LogP contribution < -0.4 is 5.73 Å². The van der Waals surface area contributed by atoms with Crippen molar-refractivity contribution in [3.63, 3.8) is 0 Å². The minimum atomic E-state index is -0.496. The van der Waals surface area contributed by atoms with E-state index in [-0.39, 0.29) is 17.7 Å². The summed E-state index contributed by atoms with van der Waals surface area (Å²) in [5.74, 6) is 0.216. The molecule has 2 aromatic rings. The van der Waals surface area contributed by atoms with Crippen molar-refractivity contribution in [3.05, 3.63) is 29.8 Å². The molecule has 2 N–H and O–H groups in total. The summed E-state index contributed by atoms with van der Waals surface area (Å²) in [6.07, 6.45) is 1.73. The van der Waals surface area contributed by atoms with Gasteiger partial charge in [-0.25, -0.2) is 4.39 Å². The van der Waals surface area contributed by atoms with E-state index in [0.29, 0.717) is 18.0 Å². The van der Waals surface area contributed by atoms with Crippen molar-refractivity contribution in [1.82, 2.24) is 10.1 Å². The molecule has 3 rings (SSSR count). The summed E-state index contributed by atoms with van der Waals surface area (Å²) in [6.45, 7) is 0.705. The maximum absolute atomic E-state index is 13.3. The molecule has 0 spiro atoms. The van der Waals surface area contributed by atoms with Crippen molar-refractivity contribution in [3.8, 4) is 11.5 Å². The summed E-state index contributed by atoms with van der Waals surface area (Å²) < 4.78 is 23.9. The number of halogens is 1. The lowest BCUT2D eigenvalue weighted by atomic mass is 10.1. The number of rotatable bonds is 2. The average Bonchev–Trinajstić information content (AvgIpc) is 3.01. The molecule has 1 saturated heterocycles. The molecule has 0 radical (unpaired) electrons. The molecular weight excluding hydrogens is 237 g/mol. The van der Waals surface area contributed by atoms with Crippen molar-refractivity contribution < 1.29 is 13.7 Å². The number of nitrogens with two attached hydrogens (primary N) is 1. The van der Waals surface area contributed by atoms with Crippen molar-refractivity contribution in [2.75, 3.05) is 12.3 Å². The number of hydrogen-bond donors (Lipinski definition) is 1. The Morgan fingerprint density at radius 3 is 3.06 bits per heavy atom. The molecule has 6 heteroatoms. The number of nitrogen functional groups attached to an aromatic ring is 1. The number of aromatic nitrogens is 2. The first-order valence-electron chi connectivity index (χ1n) is 5.75. The second-order valence-electron chi connectivity index (χ2n) is 4.16. The predicted octanol–water partition coefficient (Wildman–Crippen LogP) is 2.31. The number of hydrogen-bond acceptors (Lipinski definition) is 5. The summed E-state index contributed by atoms with van der Waals surface area (Å²) in [4.78, 5) is 4.22. The third-order valence-electron chi connectivity index (χ3n) is 2.94. The van der Waals surface area contributed by atoms with Gasteiger partial charge in [0.25, 0.3) is 5.89 Å². The number of ether oxygens (including phenoxy) is 1. The van der Waals surface area contributed by atoms with Gasteiger partial charge in [-0.1, -0.05) is 11.2 Å². The molecular formula is C12H12FN3O2. The fourth-order valence-corrected chi connectivity index (χ4v) is 1.98. The zero-order chi connectivity index (χ0) is 12.5. The van der Waals surface area contributed by atoms with Gasteiger partial charge in [-0.15, -0.1) is 0 Å². The summed E-state index contributed by atoms with van der Waals surface area (Å²) in [6, 6.07) is 4.48. The molecule has 1 aromatic carbocycles. The van der Waals surface area contributed by atoms with Crippen LogP contribution in [-0.2, 0) is 4.74 Å². The van der Waals surface area contributed by atoms with Crippen molar-refractivity contribution in [1.29, 1.82) is 0 Å². The zero-order valence-electron chi connectivity index (χ0n) is 9.60. The van der Waals surface area contributed by atoms with Crippen molar-refractivity contribution in [2.45, 2.75) is 18.9 Å². The minimum absolute atomic E-state index is 0.0139. The Bertz CT molecular complexity index is 564. The maximum atomic E-state index is 13.3. The highest BCUT2D eigenvalue weighted by Gasteiger charge is 2.24. The molecule has 0 saturated carbocycles. The van der Waals surface area contributed by atoms with Gasteiger partial charge in [-0.2, -0.15) is 4.98 Å². The van der Waals surface area contributed by atoms with Crippen LogP contribution in [0.2, 0.25) is 0 Å². The third-order valence-corrected chi connectivity index (χ3v) is 2.94. The highest BCUT2D eigenvalue weighted by molar-refractivity contribution is 5.70. The maximum Gasteiger partial charge on any atom is 0.260 e. The van der Waals surface area contributed by atoms with Crippen LogP contribution >= 0.6 is 0 Å². The van der Waals surface area contributed by atoms with E-state index in [1.165, 1.54) is 6.07 Å². The Hall–Kier alpha value is -1.95. The molecule has 1 aliphatic rings. The van der Waals surface area contributed by atoms with Gasteiger partial charge in [0.1, 0.15) is 11.9 Å². The molecule has 1 aromatic heterocycles. The Morgan fingerprint density at radius 2 is 2.28 bits per heavy atom. The molecule has 18 heavy (non-hydrogen) atoms. The predicted molar refractivity (Wildman–Crippen MR) is 62.0 cm³/mol. The van der Waals surface area contributed by atoms with Crippen LogP contribution in [0.15, 0.2) is 22.7 Å². The highest BCUT2D eigenvalue weighted by Crippen LogP contribution is 2.30. The van der Waals surface area contributed by atoms with Gasteiger partial charge in [-0.3, -0.25) is 0 Å². The first-order valence-corrected chi connectivity index (χ1v) is 5.75. The molecule has 1 fully saturated rings. The second kappa shape index (κ2) is 4.38. The molecule has 1 unspecified atom stereocenters. The van der Waals surface area contributed by atoms with Crippen LogP contribution in [0.5, 0.6) is 0 Å². The number of para-hydroxylation sites is 1. The van der Waals surface area contributed by atoms with Crippen molar-refractivity contribution >= 4 is 5.69 Å². The second-order valence-corrected chi connectivity index (χ2v) is 4.16. The largest absolute Gasteiger partial charge is 0.396 e. The Kier molecular flexibility index (Phi) is 2.71. The Balaban J connectivity index is 1.95. The topological polar surface area (TPSA) is 74.2 Å². The first kappa shape index (κ1) is 11.2. The lowest BCUT2D eigenvalue weighted by Gasteiger charge is -2.02. The molecule has 0 aliphatic carbocycles. The normalized spacial score (nSPS) is 19.3. The van der Waals surface area contributed by atoms with Gasteiger partial charge in [-0.05, 0) is 25.0 Å². The summed E-state index contributed by atoms with van der Waals surface area (Å²) in [5, 5.41) is 3.86. The Morgan fingerprint density at radius 1 is 1.39 bits per heavy atom. The van der Waals surface area contributed by atoms with Crippen LogP contribution in [0, 0.1) is 5.82 Å². The summed E-state index contributed by atoms with van der Waals surface area (Å²) >= 11 is 0. The van der Waals surface area contributed by atoms with Gasteiger partial charge in [0.2, 0.25) is 5.82 Å². The lowest BCUT2D eigenvalue weighted by molar-refractivity contribution is 0.103. The zero-order valence-corrected chi connectivity index (χ0v) is 9.60. The highest BCUT2D eigenvalue weighted by atomic mass is 19.1. The molecule has 0 bridgehead atoms. The first-order chi connectivity index (χ1) is 8.75. The summed E-state index contributed by atoms with van der Waals surface area (Å²) in [7, 11) is 0. The monoisotopic (exact) mass is 249 g/mol. The minimum Gasteiger partial charge on any atom is -0.396 e. The molecule has 1 aliphatic heterocycles. The van der Waals surface area contributed by atoms with Gasteiger partial charge in [0, 0.05) is 6.61 Å². The van der Waals surface area contributed by atoms with Crippen LogP contribution in [0.4, 0.5) is 10.1 Å². The van der Waals surface area contributed by atoms with Crippen LogP contribution in [0.25, 0.3) is 11.5 Å². The van der Waals surface area contributed by atoms with Crippen LogP contribution in [0.3, 0.4) is 0 Å².